The van der Waals surface area contributed by atoms with Gasteiger partial charge in [-0.25, -0.2) is 0 Å². The summed E-state index contributed by atoms with van der Waals surface area (Å²) in [6, 6.07) is 0. The van der Waals surface area contributed by atoms with Crippen molar-refractivity contribution in [2.75, 3.05) is 6.54 Å². The molecule has 1 amide bonds. The summed E-state index contributed by atoms with van der Waals surface area (Å²) < 4.78 is 0. The van der Waals surface area contributed by atoms with Gasteiger partial charge in [-0.2, -0.15) is 0 Å². The molecule has 0 aromatic carbocycles. The quantitative estimate of drug-likeness (QED) is 0.363. The van der Waals surface area contributed by atoms with Crippen LogP contribution >= 0.6 is 0 Å². The summed E-state index contributed by atoms with van der Waals surface area (Å²) in [6.45, 7) is 5.52. The fourth-order valence-corrected chi connectivity index (χ4v) is 1.42. The van der Waals surface area contributed by atoms with Crippen LogP contribution in [0.3, 0.4) is 0 Å². The highest BCUT2D eigenvalue weighted by Crippen LogP contribution is 1.97. The average Bonchev–Trinajstić information content (AvgIpc) is 2.49. The van der Waals surface area contributed by atoms with Crippen LogP contribution in [0.1, 0.15) is 33.6 Å². The number of carbonyl (C=O) groups is 1. The van der Waals surface area contributed by atoms with E-state index in [1.165, 1.54) is 6.08 Å². The molecule has 0 fully saturated rings. The van der Waals surface area contributed by atoms with Gasteiger partial charge in [-0.05, 0) is 33.6 Å². The fraction of sp³-hybridized carbons (Fsp3) is 0.350. The number of unbranched alkanes of at least 4 members (excludes halogenated alkanes) is 1. The maximum atomic E-state index is 11.4. The summed E-state index contributed by atoms with van der Waals surface area (Å²) in [5.41, 5.74) is -0.890. The molecule has 0 unspecified atom stereocenters. The molecule has 2 N–H and O–H groups in total. The lowest BCUT2D eigenvalue weighted by atomic mass is 10.1. The second-order valence-corrected chi connectivity index (χ2v) is 5.62. The maximum Gasteiger partial charge on any atom is 0.244 e. The molecule has 0 saturated carbocycles. The molecule has 0 aromatic heterocycles. The van der Waals surface area contributed by atoms with Crippen LogP contribution in [0.4, 0.5) is 0 Å². The third kappa shape index (κ3) is 17.8. The Morgan fingerprint density at radius 1 is 0.913 bits per heavy atom. The first-order valence-corrected chi connectivity index (χ1v) is 7.90. The highest BCUT2D eigenvalue weighted by molar-refractivity contribution is 5.87. The molecule has 0 aromatic rings. The van der Waals surface area contributed by atoms with Crippen LogP contribution < -0.4 is 5.32 Å². The van der Waals surface area contributed by atoms with E-state index < -0.39 is 5.60 Å². The smallest absolute Gasteiger partial charge is 0.244 e. The van der Waals surface area contributed by atoms with Gasteiger partial charge in [-0.15, -0.1) is 0 Å². The lowest BCUT2D eigenvalue weighted by Crippen LogP contribution is -2.37. The molecule has 0 aliphatic carbocycles. The summed E-state index contributed by atoms with van der Waals surface area (Å²) >= 11 is 0. The molecule has 0 spiro atoms. The molecule has 0 heterocycles. The van der Waals surface area contributed by atoms with E-state index in [9.17, 15) is 9.90 Å². The molecule has 23 heavy (non-hydrogen) atoms. The van der Waals surface area contributed by atoms with Crippen LogP contribution in [0, 0.1) is 0 Å². The molecule has 0 atom stereocenters. The summed E-state index contributed by atoms with van der Waals surface area (Å²) in [5, 5.41) is 12.1. The minimum atomic E-state index is -0.890. The zero-order valence-electron chi connectivity index (χ0n) is 14.4. The molecule has 0 aliphatic rings. The van der Waals surface area contributed by atoms with Gasteiger partial charge in [0.05, 0.1) is 5.60 Å². The van der Waals surface area contributed by atoms with Gasteiger partial charge in [0, 0.05) is 12.6 Å². The lowest BCUT2D eigenvalue weighted by molar-refractivity contribution is -0.117. The predicted octanol–water partition coefficient (Wildman–Crippen LogP) is 4.01. The van der Waals surface area contributed by atoms with Crippen molar-refractivity contribution in [3.8, 4) is 0 Å². The number of allylic oxidation sites excluding steroid dienone is 11. The molecule has 0 rings (SSSR count). The molecule has 0 radical (unpaired) electrons. The largest absolute Gasteiger partial charge is 0.389 e. The number of hydrogen-bond acceptors (Lipinski definition) is 2. The molecule has 0 bridgehead atoms. The van der Waals surface area contributed by atoms with Crippen molar-refractivity contribution in [1.82, 2.24) is 5.32 Å². The minimum Gasteiger partial charge on any atom is -0.389 e. The molecule has 126 valence electrons. The predicted molar refractivity (Wildman–Crippen MR) is 99.1 cm³/mol. The van der Waals surface area contributed by atoms with Gasteiger partial charge in [0.15, 0.2) is 0 Å². The van der Waals surface area contributed by atoms with E-state index in [1.54, 1.807) is 26.0 Å². The van der Waals surface area contributed by atoms with E-state index in [4.69, 9.17) is 0 Å². The Labute approximate surface area is 140 Å². The Morgan fingerprint density at radius 2 is 1.43 bits per heavy atom. The molecule has 0 aliphatic heterocycles. The highest BCUT2D eigenvalue weighted by atomic mass is 16.3. The number of rotatable bonds is 10. The number of amides is 1. The fourth-order valence-electron chi connectivity index (χ4n) is 1.42. The Balaban J connectivity index is 3.80. The standard InChI is InChI=1S/C20H29NO2/c1-4-5-6-7-8-9-10-11-12-13-14-15-16-17-19(22)21-18-20(2,3)23/h4-9,12-17,23H,10-11,18H2,1-3H3,(H,21,22). The molecule has 0 saturated heterocycles. The van der Waals surface area contributed by atoms with Crippen molar-refractivity contribution < 1.29 is 9.90 Å². The average molecular weight is 315 g/mol. The van der Waals surface area contributed by atoms with Gasteiger partial charge >= 0.3 is 0 Å². The van der Waals surface area contributed by atoms with Crippen LogP contribution in [0.2, 0.25) is 0 Å². The first kappa shape index (κ1) is 20.9. The van der Waals surface area contributed by atoms with E-state index in [0.29, 0.717) is 0 Å². The second-order valence-electron chi connectivity index (χ2n) is 5.62. The zero-order valence-corrected chi connectivity index (χ0v) is 14.4. The molecular formula is C20H29NO2. The van der Waals surface area contributed by atoms with Crippen molar-refractivity contribution in [2.45, 2.75) is 39.2 Å². The first-order valence-electron chi connectivity index (χ1n) is 7.90. The first-order chi connectivity index (χ1) is 11.0. The monoisotopic (exact) mass is 315 g/mol. The van der Waals surface area contributed by atoms with Crippen molar-refractivity contribution >= 4 is 5.91 Å². The van der Waals surface area contributed by atoms with E-state index in [-0.39, 0.29) is 12.5 Å². The Morgan fingerprint density at radius 3 is 1.96 bits per heavy atom. The Bertz CT molecular complexity index is 486. The lowest BCUT2D eigenvalue weighted by Gasteiger charge is -2.16. The molecule has 3 heteroatoms. The van der Waals surface area contributed by atoms with Gasteiger partial charge in [-0.1, -0.05) is 66.8 Å². The summed E-state index contributed by atoms with van der Waals surface area (Å²) in [7, 11) is 0. The number of nitrogens with one attached hydrogen (secondary N) is 1. The third-order valence-electron chi connectivity index (χ3n) is 2.57. The number of aliphatic hydroxyl groups is 1. The van der Waals surface area contributed by atoms with Gasteiger partial charge in [0.25, 0.3) is 0 Å². The summed E-state index contributed by atoms with van der Waals surface area (Å²) in [5.74, 6) is -0.211. The second kappa shape index (κ2) is 13.5. The van der Waals surface area contributed by atoms with Crippen molar-refractivity contribution in [1.29, 1.82) is 0 Å². The van der Waals surface area contributed by atoms with Crippen LogP contribution in [0.25, 0.3) is 0 Å². The minimum absolute atomic E-state index is 0.211. The van der Waals surface area contributed by atoms with E-state index in [1.807, 2.05) is 49.5 Å². The SMILES string of the molecule is CC=CC=CC=CCCC=CC=CC=CC(=O)NCC(C)(C)O. The van der Waals surface area contributed by atoms with E-state index >= 15 is 0 Å². The highest BCUT2D eigenvalue weighted by Gasteiger charge is 2.12. The normalized spacial score (nSPS) is 13.7. The summed E-state index contributed by atoms with van der Waals surface area (Å²) in [6.07, 6.45) is 25.0. The van der Waals surface area contributed by atoms with Crippen molar-refractivity contribution in [3.05, 3.63) is 72.9 Å². The van der Waals surface area contributed by atoms with Gasteiger partial charge in [0.1, 0.15) is 0 Å². The summed E-state index contributed by atoms with van der Waals surface area (Å²) in [4.78, 5) is 11.4. The third-order valence-corrected chi connectivity index (χ3v) is 2.57. The van der Waals surface area contributed by atoms with Crippen molar-refractivity contribution in [2.24, 2.45) is 0 Å². The van der Waals surface area contributed by atoms with Gasteiger partial charge in [-0.3, -0.25) is 4.79 Å². The topological polar surface area (TPSA) is 49.3 Å². The molecular weight excluding hydrogens is 286 g/mol. The Kier molecular flexibility index (Phi) is 12.3. The zero-order chi connectivity index (χ0) is 17.4. The Hall–Kier alpha value is -2.13. The van der Waals surface area contributed by atoms with Gasteiger partial charge in [0.2, 0.25) is 5.91 Å². The van der Waals surface area contributed by atoms with Crippen molar-refractivity contribution in [3.63, 3.8) is 0 Å². The number of hydrogen-bond donors (Lipinski definition) is 2. The van der Waals surface area contributed by atoms with Crippen LogP contribution in [0.15, 0.2) is 72.9 Å². The van der Waals surface area contributed by atoms with Gasteiger partial charge < -0.3 is 10.4 Å². The van der Waals surface area contributed by atoms with E-state index in [2.05, 4.69) is 17.5 Å². The van der Waals surface area contributed by atoms with Crippen LogP contribution in [0.5, 0.6) is 0 Å². The van der Waals surface area contributed by atoms with Crippen LogP contribution in [-0.2, 0) is 4.79 Å². The molecule has 3 nitrogen and oxygen atoms in total. The van der Waals surface area contributed by atoms with E-state index in [0.717, 1.165) is 12.8 Å². The number of carbonyl (C=O) groups excluding carboxylic acids is 1. The maximum absolute atomic E-state index is 11.4. The van der Waals surface area contributed by atoms with Crippen LogP contribution in [-0.4, -0.2) is 23.2 Å².